The third-order valence-electron chi connectivity index (χ3n) is 13.0. The Kier molecular flexibility index (Phi) is 5.42. The van der Waals surface area contributed by atoms with Crippen molar-refractivity contribution in [2.24, 2.45) is 50.6 Å². The second-order valence-electron chi connectivity index (χ2n) is 13.7. The molecule has 0 radical (unpaired) electrons. The van der Waals surface area contributed by atoms with Gasteiger partial charge in [0.25, 0.3) is 0 Å². The molecule has 0 saturated heterocycles. The first-order valence-electron chi connectivity index (χ1n) is 13.7. The lowest BCUT2D eigenvalue weighted by molar-refractivity contribution is -0.151. The van der Waals surface area contributed by atoms with Crippen LogP contribution in [0.5, 0.6) is 0 Å². The van der Waals surface area contributed by atoms with Crippen molar-refractivity contribution in [1.82, 2.24) is 10.6 Å². The molecule has 0 bridgehead atoms. The van der Waals surface area contributed by atoms with Gasteiger partial charge in [0.15, 0.2) is 0 Å². The van der Waals surface area contributed by atoms with Crippen LogP contribution in [0.15, 0.2) is 0 Å². The first-order chi connectivity index (χ1) is 15.5. The average Bonchev–Trinajstić information content (AvgIpc) is 3.37. The minimum atomic E-state index is -0.243. The van der Waals surface area contributed by atoms with E-state index in [1.807, 2.05) is 0 Å². The predicted octanol–water partition coefficient (Wildman–Crippen LogP) is 4.10. The molecular weight excluding hydrogens is 410 g/mol. The smallest absolute Gasteiger partial charge is 0.319 e. The van der Waals surface area contributed by atoms with Gasteiger partial charge in [0, 0.05) is 18.0 Å². The summed E-state index contributed by atoms with van der Waals surface area (Å²) in [6, 6.07) is 0.954. The molecule has 0 amide bonds. The minimum absolute atomic E-state index is 0.0234. The molecule has 0 heterocycles. The van der Waals surface area contributed by atoms with Crippen LogP contribution < -0.4 is 16.4 Å². The number of ether oxygens (including phenoxy) is 1. The maximum absolute atomic E-state index is 12.3. The Morgan fingerprint density at radius 1 is 1.00 bits per heavy atom. The zero-order valence-corrected chi connectivity index (χ0v) is 22.2. The fourth-order valence-electron chi connectivity index (χ4n) is 11.3. The van der Waals surface area contributed by atoms with Crippen LogP contribution in [-0.4, -0.2) is 44.8 Å². The standard InChI is InChI=1S/C28H49N3O2/c1-17(30-6)23-18(33-22(32)15-29)14-26(5)20-9-8-19-24(2,3)21(31-7)10-11-27(19)16-28(20,27)13-12-25(23,26)4/h17-21,23,30-31H,8-16,29H2,1-7H3/t17-,18+,19?,20?,21?,23?,25?,26-,27?,28?/m0/s1. The summed E-state index contributed by atoms with van der Waals surface area (Å²) >= 11 is 0. The van der Waals surface area contributed by atoms with Crippen molar-refractivity contribution in [3.05, 3.63) is 0 Å². The van der Waals surface area contributed by atoms with Crippen LogP contribution in [0.3, 0.4) is 0 Å². The lowest BCUT2D eigenvalue weighted by Gasteiger charge is -2.63. The summed E-state index contributed by atoms with van der Waals surface area (Å²) in [6.45, 7) is 12.5. The summed E-state index contributed by atoms with van der Waals surface area (Å²) in [6.07, 6.45) is 10.5. The van der Waals surface area contributed by atoms with Gasteiger partial charge in [-0.1, -0.05) is 27.7 Å². The Bertz CT molecular complexity index is 815. The third kappa shape index (κ3) is 2.79. The van der Waals surface area contributed by atoms with Gasteiger partial charge in [-0.2, -0.15) is 0 Å². The molecule has 0 aromatic rings. The molecule has 5 nitrogen and oxygen atoms in total. The second kappa shape index (κ2) is 7.43. The van der Waals surface area contributed by atoms with E-state index in [9.17, 15) is 4.79 Å². The first kappa shape index (κ1) is 24.1. The molecule has 5 aliphatic carbocycles. The van der Waals surface area contributed by atoms with Crippen molar-refractivity contribution in [3.63, 3.8) is 0 Å². The van der Waals surface area contributed by atoms with Crippen LogP contribution in [0, 0.1) is 44.8 Å². The van der Waals surface area contributed by atoms with Crippen molar-refractivity contribution in [2.45, 2.75) is 104 Å². The molecule has 5 rings (SSSR count). The van der Waals surface area contributed by atoms with Crippen molar-refractivity contribution >= 4 is 5.97 Å². The number of hydrogen-bond acceptors (Lipinski definition) is 5. The zero-order chi connectivity index (χ0) is 24.0. The molecule has 7 unspecified atom stereocenters. The van der Waals surface area contributed by atoms with Gasteiger partial charge in [0.2, 0.25) is 0 Å². The molecule has 5 heteroatoms. The summed E-state index contributed by atoms with van der Waals surface area (Å²) in [5.41, 5.74) is 7.49. The third-order valence-corrected chi connectivity index (χ3v) is 13.0. The van der Waals surface area contributed by atoms with Crippen LogP contribution in [0.4, 0.5) is 0 Å². The second-order valence-corrected chi connectivity index (χ2v) is 13.7. The highest BCUT2D eigenvalue weighted by Crippen LogP contribution is 2.89. The molecular formula is C28H49N3O2. The summed E-state index contributed by atoms with van der Waals surface area (Å²) in [5, 5.41) is 7.20. The maximum atomic E-state index is 12.3. The van der Waals surface area contributed by atoms with E-state index in [-0.39, 0.29) is 29.4 Å². The summed E-state index contributed by atoms with van der Waals surface area (Å²) < 4.78 is 6.10. The summed E-state index contributed by atoms with van der Waals surface area (Å²) in [7, 11) is 4.22. The van der Waals surface area contributed by atoms with E-state index in [0.717, 1.165) is 18.3 Å². The number of carbonyl (C=O) groups is 1. The molecule has 0 aromatic heterocycles. The van der Waals surface area contributed by atoms with Crippen LogP contribution in [-0.2, 0) is 9.53 Å². The SMILES string of the molecule is CNC1CCC23CC24CCC2(C)C([C@H](C)NC)[C@H](OC(=O)CN)C[C@@]2(C)C4CCC3C1(C)C. The number of fused-ring (bicyclic) bond motifs is 2. The lowest BCUT2D eigenvalue weighted by Crippen LogP contribution is -2.59. The van der Waals surface area contributed by atoms with E-state index in [2.05, 4.69) is 59.3 Å². The van der Waals surface area contributed by atoms with Crippen molar-refractivity contribution < 1.29 is 9.53 Å². The van der Waals surface area contributed by atoms with Gasteiger partial charge in [-0.25, -0.2) is 0 Å². The Hall–Kier alpha value is -0.650. The number of nitrogens with one attached hydrogen (secondary N) is 2. The highest BCUT2D eigenvalue weighted by molar-refractivity contribution is 5.71. The summed E-state index contributed by atoms with van der Waals surface area (Å²) in [5.74, 6) is 1.67. The molecule has 33 heavy (non-hydrogen) atoms. The highest BCUT2D eigenvalue weighted by Gasteiger charge is 2.82. The average molecular weight is 460 g/mol. The number of carbonyl (C=O) groups excluding carboxylic acids is 1. The fourth-order valence-corrected chi connectivity index (χ4v) is 11.3. The van der Waals surface area contributed by atoms with E-state index < -0.39 is 0 Å². The normalized spacial score (nSPS) is 52.7. The van der Waals surface area contributed by atoms with Gasteiger partial charge in [-0.05, 0) is 111 Å². The van der Waals surface area contributed by atoms with Crippen molar-refractivity contribution in [3.8, 4) is 0 Å². The van der Waals surface area contributed by atoms with Crippen molar-refractivity contribution in [2.75, 3.05) is 20.6 Å². The number of hydrogen-bond donors (Lipinski definition) is 3. The predicted molar refractivity (Wildman–Crippen MR) is 133 cm³/mol. The monoisotopic (exact) mass is 459 g/mol. The molecule has 4 N–H and O–H groups in total. The molecule has 5 fully saturated rings. The minimum Gasteiger partial charge on any atom is -0.461 e. The molecule has 5 aliphatic rings. The van der Waals surface area contributed by atoms with Gasteiger partial charge in [0.1, 0.15) is 6.10 Å². The first-order valence-corrected chi connectivity index (χ1v) is 13.7. The van der Waals surface area contributed by atoms with E-state index in [1.54, 1.807) is 0 Å². The van der Waals surface area contributed by atoms with Gasteiger partial charge < -0.3 is 21.1 Å². The van der Waals surface area contributed by atoms with Gasteiger partial charge in [-0.3, -0.25) is 4.79 Å². The van der Waals surface area contributed by atoms with Gasteiger partial charge >= 0.3 is 5.97 Å². The van der Waals surface area contributed by atoms with Crippen LogP contribution in [0.2, 0.25) is 0 Å². The molecule has 188 valence electrons. The lowest BCUT2D eigenvalue weighted by atomic mass is 9.42. The number of rotatable bonds is 5. The van der Waals surface area contributed by atoms with E-state index in [4.69, 9.17) is 10.5 Å². The Balaban J connectivity index is 1.51. The molecule has 0 aliphatic heterocycles. The van der Waals surface area contributed by atoms with E-state index >= 15 is 0 Å². The topological polar surface area (TPSA) is 76.4 Å². The van der Waals surface area contributed by atoms with Crippen LogP contribution in [0.1, 0.15) is 86.0 Å². The number of esters is 1. The highest BCUT2D eigenvalue weighted by atomic mass is 16.5. The molecule has 0 aromatic carbocycles. The van der Waals surface area contributed by atoms with E-state index in [0.29, 0.717) is 34.2 Å². The Morgan fingerprint density at radius 3 is 2.30 bits per heavy atom. The molecule has 5 saturated carbocycles. The Morgan fingerprint density at radius 2 is 1.67 bits per heavy atom. The van der Waals surface area contributed by atoms with Gasteiger partial charge in [0.05, 0.1) is 6.54 Å². The zero-order valence-electron chi connectivity index (χ0n) is 22.2. The molecule has 10 atom stereocenters. The number of nitrogens with two attached hydrogens (primary N) is 1. The fraction of sp³-hybridized carbons (Fsp3) is 0.964. The quantitative estimate of drug-likeness (QED) is 0.540. The van der Waals surface area contributed by atoms with Gasteiger partial charge in [-0.15, -0.1) is 0 Å². The Labute approximate surface area is 201 Å². The van der Waals surface area contributed by atoms with E-state index in [1.165, 1.54) is 44.9 Å². The van der Waals surface area contributed by atoms with Crippen LogP contribution in [0.25, 0.3) is 0 Å². The van der Waals surface area contributed by atoms with Crippen LogP contribution >= 0.6 is 0 Å². The van der Waals surface area contributed by atoms with Crippen molar-refractivity contribution in [1.29, 1.82) is 0 Å². The summed E-state index contributed by atoms with van der Waals surface area (Å²) in [4.78, 5) is 12.3. The largest absolute Gasteiger partial charge is 0.461 e. The maximum Gasteiger partial charge on any atom is 0.319 e. The molecule has 2 spiro atoms.